The molecule has 1 aromatic rings. The van der Waals surface area contributed by atoms with Gasteiger partial charge in [0.15, 0.2) is 0 Å². The van der Waals surface area contributed by atoms with Crippen LogP contribution in [0.3, 0.4) is 0 Å². The fourth-order valence-corrected chi connectivity index (χ4v) is 3.02. The van der Waals surface area contributed by atoms with Gasteiger partial charge in [0.05, 0.1) is 7.11 Å². The number of esters is 1. The Kier molecular flexibility index (Phi) is 6.24. The van der Waals surface area contributed by atoms with Crippen molar-refractivity contribution in [3.63, 3.8) is 0 Å². The molecule has 140 valence electrons. The molecule has 5 nitrogen and oxygen atoms in total. The minimum absolute atomic E-state index is 0.0371. The molecule has 26 heavy (non-hydrogen) atoms. The maximum atomic E-state index is 11.8. The molecule has 0 fully saturated rings. The van der Waals surface area contributed by atoms with Crippen molar-refractivity contribution in [1.82, 2.24) is 10.3 Å². The Labute approximate surface area is 155 Å². The number of carbonyl (C=O) groups excluding carboxylic acids is 2. The quantitative estimate of drug-likeness (QED) is 0.568. The molecule has 0 aliphatic carbocycles. The van der Waals surface area contributed by atoms with Gasteiger partial charge in [-0.15, -0.1) is 0 Å². The monoisotopic (exact) mass is 356 g/mol. The van der Waals surface area contributed by atoms with E-state index in [-0.39, 0.29) is 11.9 Å². The van der Waals surface area contributed by atoms with E-state index in [0.717, 1.165) is 64.2 Å². The SMILES string of the molecule is C=C(CCCCC(=O)OC)c1[nH]c(/C=C2\NC(=O)C(C)=C2C)c(C)c1C. The third-order valence-electron chi connectivity index (χ3n) is 5.14. The largest absolute Gasteiger partial charge is 0.469 e. The van der Waals surface area contributed by atoms with E-state index >= 15 is 0 Å². The lowest BCUT2D eigenvalue weighted by atomic mass is 10.0. The summed E-state index contributed by atoms with van der Waals surface area (Å²) in [6.07, 6.45) is 4.92. The Bertz CT molecular complexity index is 809. The van der Waals surface area contributed by atoms with E-state index in [1.54, 1.807) is 0 Å². The van der Waals surface area contributed by atoms with Gasteiger partial charge in [-0.05, 0) is 75.3 Å². The van der Waals surface area contributed by atoms with Gasteiger partial charge in [-0.3, -0.25) is 9.59 Å². The molecule has 0 saturated carbocycles. The number of rotatable bonds is 7. The second-order valence-corrected chi connectivity index (χ2v) is 6.81. The average molecular weight is 356 g/mol. The smallest absolute Gasteiger partial charge is 0.305 e. The molecule has 1 aliphatic rings. The molecule has 0 unspecified atom stereocenters. The number of allylic oxidation sites excluding steroid dienone is 2. The first kappa shape index (κ1) is 19.8. The van der Waals surface area contributed by atoms with Gasteiger partial charge in [0.2, 0.25) is 0 Å². The summed E-state index contributed by atoms with van der Waals surface area (Å²) in [5.41, 5.74) is 7.93. The highest BCUT2D eigenvalue weighted by Crippen LogP contribution is 2.29. The normalized spacial score (nSPS) is 15.6. The fourth-order valence-electron chi connectivity index (χ4n) is 3.02. The van der Waals surface area contributed by atoms with Crippen LogP contribution in [0.25, 0.3) is 11.6 Å². The Balaban J connectivity index is 2.11. The lowest BCUT2D eigenvalue weighted by molar-refractivity contribution is -0.140. The number of unbranched alkanes of at least 4 members (excludes halogenated alkanes) is 1. The number of carbonyl (C=O) groups is 2. The molecule has 0 radical (unpaired) electrons. The van der Waals surface area contributed by atoms with Crippen molar-refractivity contribution >= 4 is 23.5 Å². The van der Waals surface area contributed by atoms with E-state index in [1.165, 1.54) is 7.11 Å². The molecule has 0 saturated heterocycles. The van der Waals surface area contributed by atoms with Crippen molar-refractivity contribution in [1.29, 1.82) is 0 Å². The van der Waals surface area contributed by atoms with Gasteiger partial charge in [-0.1, -0.05) is 6.58 Å². The topological polar surface area (TPSA) is 71.2 Å². The van der Waals surface area contributed by atoms with Crippen LogP contribution in [0.5, 0.6) is 0 Å². The van der Waals surface area contributed by atoms with Crippen LogP contribution >= 0.6 is 0 Å². The average Bonchev–Trinajstić information content (AvgIpc) is 3.03. The number of aromatic amines is 1. The molecular weight excluding hydrogens is 328 g/mol. The van der Waals surface area contributed by atoms with Gasteiger partial charge in [0.25, 0.3) is 5.91 Å². The summed E-state index contributed by atoms with van der Waals surface area (Å²) in [7, 11) is 1.41. The number of hydrogen-bond donors (Lipinski definition) is 2. The summed E-state index contributed by atoms with van der Waals surface area (Å²) in [5.74, 6) is -0.210. The Morgan fingerprint density at radius 3 is 2.31 bits per heavy atom. The van der Waals surface area contributed by atoms with Gasteiger partial charge in [0, 0.05) is 29.1 Å². The lowest BCUT2D eigenvalue weighted by Crippen LogP contribution is -2.15. The first-order valence-corrected chi connectivity index (χ1v) is 8.91. The molecule has 2 heterocycles. The van der Waals surface area contributed by atoms with E-state index in [9.17, 15) is 9.59 Å². The Morgan fingerprint density at radius 2 is 1.73 bits per heavy atom. The van der Waals surface area contributed by atoms with E-state index in [0.29, 0.717) is 6.42 Å². The lowest BCUT2D eigenvalue weighted by Gasteiger charge is -2.05. The standard InChI is InChI=1S/C21H28N2O3/c1-12(9-7-8-10-19(24)26-6)20-15(4)13(2)17(22-20)11-18-14(3)16(5)21(25)23-18/h11,22H,1,7-10H2,2-6H3,(H,23,25)/b18-11-. The number of nitrogens with one attached hydrogen (secondary N) is 2. The second kappa shape index (κ2) is 8.21. The van der Waals surface area contributed by atoms with Gasteiger partial charge in [-0.25, -0.2) is 0 Å². The van der Waals surface area contributed by atoms with Crippen molar-refractivity contribution in [3.05, 3.63) is 45.9 Å². The van der Waals surface area contributed by atoms with Crippen LogP contribution < -0.4 is 5.32 Å². The van der Waals surface area contributed by atoms with E-state index in [4.69, 9.17) is 0 Å². The van der Waals surface area contributed by atoms with Gasteiger partial charge in [0.1, 0.15) is 0 Å². The van der Waals surface area contributed by atoms with Crippen molar-refractivity contribution < 1.29 is 14.3 Å². The summed E-state index contributed by atoms with van der Waals surface area (Å²) in [5, 5.41) is 2.91. The number of hydrogen-bond acceptors (Lipinski definition) is 3. The summed E-state index contributed by atoms with van der Waals surface area (Å²) < 4.78 is 4.66. The molecule has 5 heteroatoms. The van der Waals surface area contributed by atoms with Gasteiger partial charge in [-0.2, -0.15) is 0 Å². The second-order valence-electron chi connectivity index (χ2n) is 6.81. The highest BCUT2D eigenvalue weighted by atomic mass is 16.5. The molecule has 0 spiro atoms. The van der Waals surface area contributed by atoms with Gasteiger partial charge < -0.3 is 15.0 Å². The Hall–Kier alpha value is -2.56. The highest BCUT2D eigenvalue weighted by molar-refractivity contribution is 6.00. The molecule has 1 aromatic heterocycles. The van der Waals surface area contributed by atoms with Crippen molar-refractivity contribution in [2.45, 2.75) is 53.4 Å². The maximum absolute atomic E-state index is 11.8. The Morgan fingerprint density at radius 1 is 1.08 bits per heavy atom. The molecule has 1 aliphatic heterocycles. The van der Waals surface area contributed by atoms with Crippen LogP contribution in [0.15, 0.2) is 23.4 Å². The van der Waals surface area contributed by atoms with Crippen LogP contribution in [0.1, 0.15) is 62.0 Å². The zero-order valence-electron chi connectivity index (χ0n) is 16.3. The highest BCUT2D eigenvalue weighted by Gasteiger charge is 2.21. The predicted octanol–water partition coefficient (Wildman–Crippen LogP) is 4.19. The molecule has 0 aromatic carbocycles. The third-order valence-corrected chi connectivity index (χ3v) is 5.14. The molecule has 2 rings (SSSR count). The van der Waals surface area contributed by atoms with Crippen LogP contribution in [0.4, 0.5) is 0 Å². The summed E-state index contributed by atoms with van der Waals surface area (Å²) >= 11 is 0. The minimum atomic E-state index is -0.172. The van der Waals surface area contributed by atoms with Crippen LogP contribution in [0.2, 0.25) is 0 Å². The number of ether oxygens (including phenoxy) is 1. The maximum Gasteiger partial charge on any atom is 0.305 e. The summed E-state index contributed by atoms with van der Waals surface area (Å²) in [6, 6.07) is 0. The predicted molar refractivity (Wildman–Crippen MR) is 104 cm³/mol. The van der Waals surface area contributed by atoms with E-state index in [2.05, 4.69) is 35.5 Å². The number of amides is 1. The van der Waals surface area contributed by atoms with Gasteiger partial charge >= 0.3 is 5.97 Å². The van der Waals surface area contributed by atoms with Crippen LogP contribution in [0, 0.1) is 13.8 Å². The number of methoxy groups -OCH3 is 1. The molecule has 1 amide bonds. The van der Waals surface area contributed by atoms with E-state index < -0.39 is 0 Å². The van der Waals surface area contributed by atoms with E-state index in [1.807, 2.05) is 19.9 Å². The number of H-pyrrole nitrogens is 1. The first-order chi connectivity index (χ1) is 12.3. The zero-order valence-corrected chi connectivity index (χ0v) is 16.3. The molecule has 2 N–H and O–H groups in total. The molecular formula is C21H28N2O3. The minimum Gasteiger partial charge on any atom is -0.469 e. The zero-order chi connectivity index (χ0) is 19.4. The van der Waals surface area contributed by atoms with Crippen molar-refractivity contribution in [3.8, 4) is 0 Å². The van der Waals surface area contributed by atoms with Crippen molar-refractivity contribution in [2.24, 2.45) is 0 Å². The first-order valence-electron chi connectivity index (χ1n) is 8.91. The van der Waals surface area contributed by atoms with Crippen LogP contribution in [-0.4, -0.2) is 24.0 Å². The van der Waals surface area contributed by atoms with Crippen molar-refractivity contribution in [2.75, 3.05) is 7.11 Å². The van der Waals surface area contributed by atoms with Crippen LogP contribution in [-0.2, 0) is 14.3 Å². The fraction of sp³-hybridized carbons (Fsp3) is 0.429. The molecule has 0 bridgehead atoms. The number of aromatic nitrogens is 1. The summed E-state index contributed by atoms with van der Waals surface area (Å²) in [6.45, 7) is 12.1. The molecule has 0 atom stereocenters. The third kappa shape index (κ3) is 4.15. The summed E-state index contributed by atoms with van der Waals surface area (Å²) in [4.78, 5) is 26.4.